The summed E-state index contributed by atoms with van der Waals surface area (Å²) in [6.45, 7) is -6.29. The number of carbonyl (C=O) groups is 4. The van der Waals surface area contributed by atoms with Gasteiger partial charge in [-0.1, -0.05) is 0 Å². The first kappa shape index (κ1) is 109. The summed E-state index contributed by atoms with van der Waals surface area (Å²) in [5.74, 6) is -3.95. The molecule has 0 bridgehead atoms. The first-order valence-corrected chi connectivity index (χ1v) is 42.5. The van der Waals surface area contributed by atoms with Crippen LogP contribution in [0.5, 0.6) is 0 Å². The molecule has 0 aromatic heterocycles. The minimum absolute atomic E-state index is 0.895. The maximum absolute atomic E-state index is 13.4. The van der Waals surface area contributed by atoms with Gasteiger partial charge >= 0.3 is 0 Å². The van der Waals surface area contributed by atoms with E-state index >= 15 is 0 Å². The van der Waals surface area contributed by atoms with Crippen molar-refractivity contribution in [2.45, 2.75) is 372 Å². The number of carbonyl (C=O) groups excluding carboxylic acids is 4. The number of hydrogen-bond donors (Lipinski definition) is 34. The molecule has 11 saturated heterocycles. The van der Waals surface area contributed by atoms with Gasteiger partial charge in [-0.2, -0.15) is 0 Å². The zero-order chi connectivity index (χ0) is 97.8. The predicted molar refractivity (Wildman–Crippen MR) is 407 cm³/mol. The van der Waals surface area contributed by atoms with Gasteiger partial charge in [0.05, 0.1) is 72.2 Å². The number of hydrogen-bond acceptors (Lipinski definition) is 55. The smallest absolute Gasteiger partial charge is 0.217 e. The SMILES string of the molecule is CC(=O)N[C@H]1[C@H](OC[C@H]2O[C@@H](O[C@H]3[C@H](O)[C@@H](NC(C)=O)[C@H](OC[C@H]4O[C@@H](O[C@H]5[C@H](O)[C@@H](O)C(O)O[C@@H]5CO)[C@H](O)[C@@H](O[C@@H]5O[C@H](CO)[C@@H](O)[C@H](O[C@@H]6O[C@H](CO)[C@H](O)[C@H](O)[C@H]6O)[C@H]5NC(C)=O)[C@H]4O)O[C@@H]3CO)[C@H](O)[C@@H](O[C@@H]3O[C@H](CO)[C@@H](O[C@@H]4O[C@H](CO)[C@H](O)[C@H](O)[C@H]4O[C@@H]4O[C@@H](C)[C@@H](O)[C@@H](O)[C@@H]4O)[C@H](O)[C@H]3NC(C)=O)[C@H]2O)O[C@H](CO)[C@@H](O[C@@H]2O[C@H](CO)[C@H](O)[C@H](O)[C@H]2O)[C@@H]1O. The molecule has 770 valence electrons. The second-order valence-corrected chi connectivity index (χ2v) is 33.8. The van der Waals surface area contributed by atoms with E-state index in [1.807, 2.05) is 0 Å². The van der Waals surface area contributed by atoms with Crippen molar-refractivity contribution in [3.63, 3.8) is 0 Å². The summed E-state index contributed by atoms with van der Waals surface area (Å²) in [4.78, 5) is 52.8. The molecule has 0 saturated carbocycles. The zero-order valence-electron chi connectivity index (χ0n) is 71.4. The van der Waals surface area contributed by atoms with E-state index in [2.05, 4.69) is 21.3 Å². The lowest BCUT2D eigenvalue weighted by Gasteiger charge is -2.51. The Bertz CT molecular complexity index is 3630. The molecule has 0 aromatic carbocycles. The Morgan fingerprint density at radius 3 is 0.850 bits per heavy atom. The van der Waals surface area contributed by atoms with Gasteiger partial charge in [0.25, 0.3) is 0 Å². The minimum Gasteiger partial charge on any atom is -0.394 e. The molecule has 11 heterocycles. The van der Waals surface area contributed by atoms with E-state index in [4.69, 9.17) is 99.5 Å². The van der Waals surface area contributed by atoms with Crippen LogP contribution in [0.2, 0.25) is 0 Å². The highest BCUT2D eigenvalue weighted by Crippen LogP contribution is 2.42. The van der Waals surface area contributed by atoms with E-state index < -0.39 is 427 Å². The Morgan fingerprint density at radius 1 is 0.211 bits per heavy atom. The highest BCUT2D eigenvalue weighted by atomic mass is 16.8. The summed E-state index contributed by atoms with van der Waals surface area (Å²) >= 11 is 0. The number of nitrogens with one attached hydrogen (secondary N) is 4. The molecule has 4 amide bonds. The van der Waals surface area contributed by atoms with Crippen LogP contribution >= 0.6 is 0 Å². The zero-order valence-corrected chi connectivity index (χ0v) is 71.4. The van der Waals surface area contributed by atoms with Gasteiger partial charge in [-0.05, 0) is 6.92 Å². The normalized spacial score (nSPS) is 50.1. The van der Waals surface area contributed by atoms with Gasteiger partial charge in [0.15, 0.2) is 69.2 Å². The Hall–Kier alpha value is -4.16. The average Bonchev–Trinajstić information content (AvgIpc) is 0.768. The summed E-state index contributed by atoms with van der Waals surface area (Å²) in [5, 5.41) is 344. The van der Waals surface area contributed by atoms with E-state index in [-0.39, 0.29) is 0 Å². The summed E-state index contributed by atoms with van der Waals surface area (Å²) in [5.41, 5.74) is 0. The topological polar surface area (TPSA) is 917 Å². The van der Waals surface area contributed by atoms with Crippen molar-refractivity contribution >= 4 is 23.6 Å². The average molecular weight is 1950 g/mol. The van der Waals surface area contributed by atoms with Gasteiger partial charge in [0, 0.05) is 27.7 Å². The fourth-order valence-electron chi connectivity index (χ4n) is 17.3. The van der Waals surface area contributed by atoms with Gasteiger partial charge in [-0.25, -0.2) is 0 Å². The molecular weight excluding hydrogens is 1820 g/mol. The van der Waals surface area contributed by atoms with Crippen molar-refractivity contribution in [3.8, 4) is 0 Å². The molecule has 11 aliphatic rings. The molecule has 133 heavy (non-hydrogen) atoms. The molecule has 0 radical (unpaired) electrons. The molecule has 0 spiro atoms. The van der Waals surface area contributed by atoms with Crippen molar-refractivity contribution in [1.82, 2.24) is 21.3 Å². The van der Waals surface area contributed by atoms with Crippen molar-refractivity contribution in [3.05, 3.63) is 0 Å². The lowest BCUT2D eigenvalue weighted by atomic mass is 9.93. The Morgan fingerprint density at radius 2 is 0.459 bits per heavy atom. The summed E-state index contributed by atoms with van der Waals surface area (Å²) in [6, 6.07) is -7.92. The van der Waals surface area contributed by atoms with Crippen LogP contribution in [0.1, 0.15) is 34.6 Å². The van der Waals surface area contributed by atoms with Crippen molar-refractivity contribution in [2.75, 3.05) is 66.1 Å². The first-order valence-electron chi connectivity index (χ1n) is 42.5. The standard InChI is InChI=1S/C74H124N4O55/c1-16-35(91)45(101)51(107)69(115-16)133-63-48(104)38(94)23(8-81)120-74(63)129-58-28(13-86)123-67(33(44(58)100)77-19(4)89)131-61-40(96)29(14-113-65-31(75-17(2)87)42(98)56(26(11-84)121-65)126-70-52(108)46(102)36(92)21(6-79)118-70)124-72(54(61)110)127-57-27(12-85)122-66(32(43(57)99)76-18(3)88)114-15-30-41(97)62(55(111)73(125-30)128-59-25(10-83)116-64(112)50(106)49(59)105)132-68-34(78-20(5)90)60(39(95)24(9-82)117-68)130-71-53(109)47(103)37(93)22(7-80)119-71/h16,21-74,79-86,91-112H,6-15H2,1-5H3,(H,75,87)(H,76,88)(H,77,89)(H,78,90)/t16-,21+,22+,23+,24+,25+,26+,27+,28+,29+,30+,31+,32+,33+,34+,35+,36-,37-,38-,39+,40-,41-,42+,43+,44+,45+,46-,47-,48-,49+,50+,51-,52+,53+,54+,55+,56+,57+,58+,59+,60+,61-,62-,63+,64?,65+,66+,67-,68-,69-,70-,71-,72-,73-,74-/m0/s1. The summed E-state index contributed by atoms with van der Waals surface area (Å²) < 4.78 is 125. The molecule has 59 nitrogen and oxygen atoms in total. The number of rotatable bonds is 34. The van der Waals surface area contributed by atoms with Gasteiger partial charge < -0.3 is 274 Å². The summed E-state index contributed by atoms with van der Waals surface area (Å²) in [6.07, 6.45) is -106. The van der Waals surface area contributed by atoms with Crippen LogP contribution in [0.25, 0.3) is 0 Å². The largest absolute Gasteiger partial charge is 0.394 e. The highest BCUT2D eigenvalue weighted by molar-refractivity contribution is 5.74. The summed E-state index contributed by atoms with van der Waals surface area (Å²) in [7, 11) is 0. The molecule has 34 N–H and O–H groups in total. The fourth-order valence-corrected chi connectivity index (χ4v) is 17.3. The monoisotopic (exact) mass is 1950 g/mol. The number of aliphatic hydroxyl groups excluding tert-OH is 30. The first-order chi connectivity index (χ1) is 62.9. The fraction of sp³-hybridized carbons (Fsp3) is 0.946. The molecule has 59 heteroatoms. The molecule has 0 aromatic rings. The van der Waals surface area contributed by atoms with Crippen LogP contribution in [0.3, 0.4) is 0 Å². The predicted octanol–water partition coefficient (Wildman–Crippen LogP) is -23.4. The molecule has 0 aliphatic carbocycles. The molecule has 11 rings (SSSR count). The van der Waals surface area contributed by atoms with Crippen LogP contribution < -0.4 is 21.3 Å². The number of aliphatic hydroxyl groups is 30. The molecular formula is C74H124N4O55. The third-order valence-corrected chi connectivity index (χ3v) is 24.5. The van der Waals surface area contributed by atoms with E-state index in [0.29, 0.717) is 0 Å². The number of amides is 4. The third kappa shape index (κ3) is 24.1. The second-order valence-electron chi connectivity index (χ2n) is 33.8. The van der Waals surface area contributed by atoms with E-state index in [9.17, 15) is 172 Å². The number of ether oxygens (including phenoxy) is 21. The maximum atomic E-state index is 13.4. The Balaban J connectivity index is 0.897. The van der Waals surface area contributed by atoms with E-state index in [0.717, 1.165) is 27.7 Å². The Labute approximate surface area is 752 Å². The maximum Gasteiger partial charge on any atom is 0.217 e. The molecule has 55 atom stereocenters. The van der Waals surface area contributed by atoms with Gasteiger partial charge in [0.1, 0.15) is 262 Å². The molecule has 11 aliphatic heterocycles. The van der Waals surface area contributed by atoms with Crippen LogP contribution in [0.4, 0.5) is 0 Å². The Kier molecular flexibility index (Phi) is 39.1. The highest BCUT2D eigenvalue weighted by Gasteiger charge is 2.63. The van der Waals surface area contributed by atoms with Crippen LogP contribution in [0, 0.1) is 0 Å². The van der Waals surface area contributed by atoms with Crippen molar-refractivity contribution in [1.29, 1.82) is 0 Å². The lowest BCUT2D eigenvalue weighted by Crippen LogP contribution is -2.71. The van der Waals surface area contributed by atoms with Crippen LogP contribution in [-0.4, -0.2) is 580 Å². The van der Waals surface area contributed by atoms with E-state index in [1.54, 1.807) is 0 Å². The van der Waals surface area contributed by atoms with Crippen LogP contribution in [-0.2, 0) is 119 Å². The van der Waals surface area contributed by atoms with Gasteiger partial charge in [0.2, 0.25) is 23.6 Å². The second kappa shape index (κ2) is 47.6. The third-order valence-electron chi connectivity index (χ3n) is 24.5. The lowest BCUT2D eigenvalue weighted by molar-refractivity contribution is -0.392. The van der Waals surface area contributed by atoms with Crippen LogP contribution in [0.15, 0.2) is 0 Å². The van der Waals surface area contributed by atoms with Gasteiger partial charge in [-0.15, -0.1) is 0 Å². The minimum atomic E-state index is -2.58. The van der Waals surface area contributed by atoms with E-state index in [1.165, 1.54) is 6.92 Å². The quantitative estimate of drug-likeness (QED) is 0.0284. The van der Waals surface area contributed by atoms with Crippen molar-refractivity contribution in [2.24, 2.45) is 0 Å². The molecule has 1 unspecified atom stereocenters. The van der Waals surface area contributed by atoms with Crippen molar-refractivity contribution < 1.29 is 272 Å². The molecule has 11 fully saturated rings. The van der Waals surface area contributed by atoms with Gasteiger partial charge in [-0.3, -0.25) is 19.2 Å².